The summed E-state index contributed by atoms with van der Waals surface area (Å²) in [6.07, 6.45) is 0. The molecular weight excluding hydrogens is 369 g/mol. The van der Waals surface area contributed by atoms with Gasteiger partial charge in [-0.3, -0.25) is 9.59 Å². The smallest absolute Gasteiger partial charge is 0.259 e. The number of carbonyl (C=O) groups excluding carboxylic acids is 1. The zero-order valence-corrected chi connectivity index (χ0v) is 14.5. The van der Waals surface area contributed by atoms with Gasteiger partial charge in [0.2, 0.25) is 5.91 Å². The van der Waals surface area contributed by atoms with Crippen LogP contribution in [0.3, 0.4) is 0 Å². The summed E-state index contributed by atoms with van der Waals surface area (Å²) in [7, 11) is 0. The molecule has 5 nitrogen and oxygen atoms in total. The van der Waals surface area contributed by atoms with E-state index in [9.17, 15) is 9.59 Å². The molecule has 0 radical (unpaired) electrons. The van der Waals surface area contributed by atoms with E-state index >= 15 is 0 Å². The molecule has 0 aliphatic heterocycles. The third kappa shape index (κ3) is 3.72. The van der Waals surface area contributed by atoms with E-state index in [2.05, 4.69) is 15.3 Å². The number of carbonyl (C=O) groups is 1. The van der Waals surface area contributed by atoms with E-state index in [0.717, 1.165) is 11.8 Å². The molecule has 1 heterocycles. The van der Waals surface area contributed by atoms with Crippen molar-refractivity contribution in [2.75, 3.05) is 11.1 Å². The van der Waals surface area contributed by atoms with E-state index in [0.29, 0.717) is 31.8 Å². The lowest BCUT2D eigenvalue weighted by Gasteiger charge is -2.08. The molecule has 0 spiro atoms. The van der Waals surface area contributed by atoms with Gasteiger partial charge in [0.1, 0.15) is 0 Å². The average Bonchev–Trinajstić information content (AvgIpc) is 2.56. The van der Waals surface area contributed by atoms with Crippen LogP contribution in [-0.2, 0) is 4.79 Å². The van der Waals surface area contributed by atoms with Crippen molar-refractivity contribution in [1.82, 2.24) is 9.97 Å². The van der Waals surface area contributed by atoms with Gasteiger partial charge in [0.25, 0.3) is 5.56 Å². The Morgan fingerprint density at radius 1 is 1.12 bits per heavy atom. The second-order valence-corrected chi connectivity index (χ2v) is 6.60. The van der Waals surface area contributed by atoms with Crippen molar-refractivity contribution in [3.05, 3.63) is 62.9 Å². The maximum atomic E-state index is 12.1. The third-order valence-electron chi connectivity index (χ3n) is 3.16. The van der Waals surface area contributed by atoms with Gasteiger partial charge < -0.3 is 10.3 Å². The van der Waals surface area contributed by atoms with Gasteiger partial charge in [-0.15, -0.1) is 0 Å². The fourth-order valence-corrected chi connectivity index (χ4v) is 3.22. The summed E-state index contributed by atoms with van der Waals surface area (Å²) >= 11 is 13.1. The zero-order valence-electron chi connectivity index (χ0n) is 12.2. The van der Waals surface area contributed by atoms with Crippen LogP contribution in [0.2, 0.25) is 10.0 Å². The number of anilines is 1. The van der Waals surface area contributed by atoms with Gasteiger partial charge >= 0.3 is 0 Å². The molecule has 2 N–H and O–H groups in total. The Kier molecular flexibility index (Phi) is 5.08. The summed E-state index contributed by atoms with van der Waals surface area (Å²) < 4.78 is 0. The average molecular weight is 380 g/mol. The highest BCUT2D eigenvalue weighted by molar-refractivity contribution is 7.99. The first-order valence-electron chi connectivity index (χ1n) is 6.90. The number of H-pyrrole nitrogens is 1. The molecule has 0 aliphatic rings. The highest BCUT2D eigenvalue weighted by atomic mass is 35.5. The lowest BCUT2D eigenvalue weighted by Crippen LogP contribution is -2.16. The standard InChI is InChI=1S/C16H11Cl2N3O2S/c17-10-5-3-6-11(18)14(10)20-13(22)8-24-16-19-12-7-2-1-4-9(12)15(23)21-16/h1-7H,8H2,(H,20,22)(H,19,21,23). The number of aromatic amines is 1. The van der Waals surface area contributed by atoms with Gasteiger partial charge in [-0.1, -0.05) is 53.2 Å². The maximum Gasteiger partial charge on any atom is 0.259 e. The molecule has 3 aromatic rings. The van der Waals surface area contributed by atoms with Gasteiger partial charge in [0, 0.05) is 0 Å². The zero-order chi connectivity index (χ0) is 17.1. The summed E-state index contributed by atoms with van der Waals surface area (Å²) in [5.41, 5.74) is 0.711. The SMILES string of the molecule is O=C(CSc1nc2ccccc2c(=O)[nH]1)Nc1c(Cl)cccc1Cl. The van der Waals surface area contributed by atoms with Crippen molar-refractivity contribution in [3.63, 3.8) is 0 Å². The fraction of sp³-hybridized carbons (Fsp3) is 0.0625. The van der Waals surface area contributed by atoms with E-state index in [1.165, 1.54) is 0 Å². The molecule has 0 bridgehead atoms. The second kappa shape index (κ2) is 7.25. The minimum absolute atomic E-state index is 0.0584. The van der Waals surface area contributed by atoms with Crippen LogP contribution in [0.5, 0.6) is 0 Å². The number of halogens is 2. The van der Waals surface area contributed by atoms with Crippen LogP contribution in [0.25, 0.3) is 10.9 Å². The van der Waals surface area contributed by atoms with Crippen molar-refractivity contribution >= 4 is 57.5 Å². The Morgan fingerprint density at radius 2 is 1.83 bits per heavy atom. The van der Waals surface area contributed by atoms with Crippen molar-refractivity contribution < 1.29 is 4.79 Å². The summed E-state index contributed by atoms with van der Waals surface area (Å²) in [6, 6.07) is 12.0. The van der Waals surface area contributed by atoms with Crippen molar-refractivity contribution in [3.8, 4) is 0 Å². The van der Waals surface area contributed by atoms with Gasteiger partial charge in [0.05, 0.1) is 32.4 Å². The normalized spacial score (nSPS) is 10.8. The topological polar surface area (TPSA) is 74.8 Å². The van der Waals surface area contributed by atoms with Crippen LogP contribution in [0.15, 0.2) is 52.4 Å². The molecule has 0 saturated heterocycles. The molecule has 0 aliphatic carbocycles. The molecule has 24 heavy (non-hydrogen) atoms. The molecule has 1 amide bonds. The third-order valence-corrected chi connectivity index (χ3v) is 4.66. The quantitative estimate of drug-likeness (QED) is 0.531. The number of amides is 1. The molecule has 0 unspecified atom stereocenters. The summed E-state index contributed by atoms with van der Waals surface area (Å²) in [6.45, 7) is 0. The predicted molar refractivity (Wildman–Crippen MR) is 98.2 cm³/mol. The summed E-state index contributed by atoms with van der Waals surface area (Å²) in [5, 5.41) is 4.26. The predicted octanol–water partition coefficient (Wildman–Crippen LogP) is 3.96. The van der Waals surface area contributed by atoms with Crippen LogP contribution in [-0.4, -0.2) is 21.6 Å². The number of rotatable bonds is 4. The molecule has 122 valence electrons. The minimum atomic E-state index is -0.300. The molecule has 3 rings (SSSR count). The van der Waals surface area contributed by atoms with Crippen LogP contribution in [0.1, 0.15) is 0 Å². The first kappa shape index (κ1) is 16.8. The number of nitrogens with zero attached hydrogens (tertiary/aromatic N) is 1. The van der Waals surface area contributed by atoms with Crippen molar-refractivity contribution in [2.24, 2.45) is 0 Å². The number of nitrogens with one attached hydrogen (secondary N) is 2. The van der Waals surface area contributed by atoms with E-state index < -0.39 is 0 Å². The number of hydrogen-bond acceptors (Lipinski definition) is 4. The molecular formula is C16H11Cl2N3O2S. The largest absolute Gasteiger partial charge is 0.323 e. The van der Waals surface area contributed by atoms with Crippen molar-refractivity contribution in [2.45, 2.75) is 5.16 Å². The number of thioether (sulfide) groups is 1. The Morgan fingerprint density at radius 3 is 2.58 bits per heavy atom. The number of aromatic nitrogens is 2. The highest BCUT2D eigenvalue weighted by Crippen LogP contribution is 2.30. The number of benzene rings is 2. The number of hydrogen-bond donors (Lipinski definition) is 2. The monoisotopic (exact) mass is 379 g/mol. The lowest BCUT2D eigenvalue weighted by molar-refractivity contribution is -0.113. The van der Waals surface area contributed by atoms with Crippen LogP contribution < -0.4 is 10.9 Å². The molecule has 2 aromatic carbocycles. The Hall–Kier alpha value is -2.02. The van der Waals surface area contributed by atoms with Gasteiger partial charge in [0.15, 0.2) is 5.16 Å². The van der Waals surface area contributed by atoms with Crippen LogP contribution >= 0.6 is 35.0 Å². The fourth-order valence-electron chi connectivity index (χ4n) is 2.06. The van der Waals surface area contributed by atoms with Crippen LogP contribution in [0.4, 0.5) is 5.69 Å². The molecule has 0 saturated carbocycles. The van der Waals surface area contributed by atoms with Crippen LogP contribution in [0, 0.1) is 0 Å². The highest BCUT2D eigenvalue weighted by Gasteiger charge is 2.11. The van der Waals surface area contributed by atoms with Gasteiger partial charge in [-0.25, -0.2) is 4.98 Å². The Bertz CT molecular complexity index is 955. The first-order chi connectivity index (χ1) is 11.5. The van der Waals surface area contributed by atoms with E-state index in [1.54, 1.807) is 42.5 Å². The van der Waals surface area contributed by atoms with Crippen molar-refractivity contribution in [1.29, 1.82) is 0 Å². The summed E-state index contributed by atoms with van der Waals surface area (Å²) in [4.78, 5) is 31.0. The first-order valence-corrected chi connectivity index (χ1v) is 8.64. The number of fused-ring (bicyclic) bond motifs is 1. The lowest BCUT2D eigenvalue weighted by atomic mass is 10.2. The van der Waals surface area contributed by atoms with E-state index in [4.69, 9.17) is 23.2 Å². The summed E-state index contributed by atoms with van der Waals surface area (Å²) in [5.74, 6) is -0.242. The minimum Gasteiger partial charge on any atom is -0.323 e. The number of para-hydroxylation sites is 2. The maximum absolute atomic E-state index is 12.1. The second-order valence-electron chi connectivity index (χ2n) is 4.82. The Labute approximate surface area is 151 Å². The molecule has 1 aromatic heterocycles. The molecule has 0 fully saturated rings. The van der Waals surface area contributed by atoms with E-state index in [1.807, 2.05) is 0 Å². The van der Waals surface area contributed by atoms with Gasteiger partial charge in [-0.05, 0) is 24.3 Å². The van der Waals surface area contributed by atoms with Gasteiger partial charge in [-0.2, -0.15) is 0 Å². The van der Waals surface area contributed by atoms with E-state index in [-0.39, 0.29) is 17.2 Å². The molecule has 0 atom stereocenters. The molecule has 8 heteroatoms. The Balaban J connectivity index is 1.72.